The van der Waals surface area contributed by atoms with E-state index in [2.05, 4.69) is 72.5 Å². The van der Waals surface area contributed by atoms with Crippen LogP contribution < -0.4 is 0 Å². The molecule has 0 aliphatic rings. The fourth-order valence-electron chi connectivity index (χ4n) is 4.81. The second-order valence-electron chi connectivity index (χ2n) is 10.8. The molecule has 0 heterocycles. The maximum absolute atomic E-state index is 6.99. The normalized spacial score (nSPS) is 13.2. The quantitative estimate of drug-likeness (QED) is 0.0714. The van der Waals surface area contributed by atoms with Gasteiger partial charge in [-0.1, -0.05) is 0 Å². The third-order valence-corrected chi connectivity index (χ3v) is 92.5. The minimum atomic E-state index is -2.44. The molecule has 0 unspecified atom stereocenters. The van der Waals surface area contributed by atoms with Crippen LogP contribution in [0, 0.1) is 0 Å². The van der Waals surface area contributed by atoms with Crippen LogP contribution in [0.2, 0.25) is 26.6 Å². The summed E-state index contributed by atoms with van der Waals surface area (Å²) in [6, 6.07) is 0. The van der Waals surface area contributed by atoms with Crippen LogP contribution in [0.1, 0.15) is 132 Å². The van der Waals surface area contributed by atoms with Gasteiger partial charge in [-0.05, 0) is 0 Å². The predicted molar refractivity (Wildman–Crippen MR) is 175 cm³/mol. The molecule has 0 fully saturated rings. The van der Waals surface area contributed by atoms with Crippen LogP contribution in [0.25, 0.3) is 0 Å². The Labute approximate surface area is 234 Å². The fraction of sp³-hybridized carbons (Fsp3) is 1.00. The van der Waals surface area contributed by atoms with E-state index in [1.807, 2.05) is 0 Å². The summed E-state index contributed by atoms with van der Waals surface area (Å²) in [6.07, 6.45) is 16.8. The van der Waals surface area contributed by atoms with Crippen molar-refractivity contribution in [3.63, 3.8) is 0 Å². The van der Waals surface area contributed by atoms with E-state index in [4.69, 9.17) is 16.3 Å². The third-order valence-electron chi connectivity index (χ3n) is 6.87. The first-order valence-electron chi connectivity index (χ1n) is 14.9. The number of hydrogen-bond donors (Lipinski definition) is 0. The zero-order valence-corrected chi connectivity index (χ0v) is 33.4. The zero-order chi connectivity index (χ0) is 25.9. The van der Waals surface area contributed by atoms with Crippen molar-refractivity contribution in [3.8, 4) is 0 Å². The van der Waals surface area contributed by atoms with Crippen molar-refractivity contribution in [1.82, 2.24) is 0 Å². The molecular formula is C27H61OPS3Sn2. The van der Waals surface area contributed by atoms with Gasteiger partial charge in [0, 0.05) is 0 Å². The first kappa shape index (κ1) is 36.9. The molecule has 0 aromatic heterocycles. The van der Waals surface area contributed by atoms with E-state index < -0.39 is 38.7 Å². The molecule has 0 aliphatic carbocycles. The van der Waals surface area contributed by atoms with Crippen LogP contribution in [0.3, 0.4) is 0 Å². The zero-order valence-electron chi connectivity index (χ0n) is 24.4. The van der Waals surface area contributed by atoms with Gasteiger partial charge in [0.05, 0.1) is 0 Å². The van der Waals surface area contributed by atoms with Crippen molar-refractivity contribution in [2.45, 2.75) is 165 Å². The van der Waals surface area contributed by atoms with Gasteiger partial charge >= 0.3 is 237 Å². The molecule has 0 spiro atoms. The summed E-state index contributed by atoms with van der Waals surface area (Å²) in [6.45, 7) is 18.8. The van der Waals surface area contributed by atoms with Crippen LogP contribution in [-0.2, 0) is 16.3 Å². The van der Waals surface area contributed by atoms with E-state index in [0.29, 0.717) is 0 Å². The average Bonchev–Trinajstić information content (AvgIpc) is 2.80. The number of unbranched alkanes of at least 4 members (excludes halogenated alkanes) is 6. The van der Waals surface area contributed by atoms with Crippen molar-refractivity contribution < 1.29 is 4.52 Å². The summed E-state index contributed by atoms with van der Waals surface area (Å²) < 4.78 is 14.3. The van der Waals surface area contributed by atoms with E-state index in [0.717, 1.165) is 0 Å². The van der Waals surface area contributed by atoms with Gasteiger partial charge in [0.2, 0.25) is 0 Å². The Morgan fingerprint density at radius 1 is 0.559 bits per heavy atom. The molecule has 0 bridgehead atoms. The van der Waals surface area contributed by atoms with Gasteiger partial charge in [0.25, 0.3) is 0 Å². The monoisotopic (exact) mass is 768 g/mol. The van der Waals surface area contributed by atoms with Crippen LogP contribution in [0.15, 0.2) is 0 Å². The van der Waals surface area contributed by atoms with Crippen LogP contribution in [0.4, 0.5) is 0 Å². The molecule has 0 aliphatic heterocycles. The Hall–Kier alpha value is 2.91. The molecule has 7 heteroatoms. The van der Waals surface area contributed by atoms with Crippen LogP contribution in [-0.4, -0.2) is 40.1 Å². The van der Waals surface area contributed by atoms with Crippen molar-refractivity contribution in [1.29, 1.82) is 0 Å². The van der Waals surface area contributed by atoms with Crippen molar-refractivity contribution in [3.05, 3.63) is 0 Å². The summed E-state index contributed by atoms with van der Waals surface area (Å²) in [4.78, 5) is 0. The standard InChI is InChI=1S/6C4H9.C3H9OPS3.2Sn/c6*1-3-4-2;1-3(2)4-5(6,7)8;;/h6*1,3-4H2,2H3;3H,1-2H3,(H2,6,7,8);;/q;;;;;;;2*+1/p-2. The van der Waals surface area contributed by atoms with Gasteiger partial charge in [-0.15, -0.1) is 0 Å². The maximum atomic E-state index is 6.99. The van der Waals surface area contributed by atoms with Crippen LogP contribution in [0.5, 0.6) is 0 Å². The van der Waals surface area contributed by atoms with Crippen molar-refractivity contribution >= 4 is 67.6 Å². The van der Waals surface area contributed by atoms with E-state index in [1.54, 1.807) is 0 Å². The second kappa shape index (κ2) is 21.7. The topological polar surface area (TPSA) is 9.23 Å². The third kappa shape index (κ3) is 16.1. The van der Waals surface area contributed by atoms with Gasteiger partial charge in [-0.3, -0.25) is 0 Å². The Kier molecular flexibility index (Phi) is 23.6. The van der Waals surface area contributed by atoms with E-state index in [-0.39, 0.29) is 6.10 Å². The molecule has 0 radical (unpaired) electrons. The Morgan fingerprint density at radius 3 is 0.971 bits per heavy atom. The number of rotatable bonds is 24. The van der Waals surface area contributed by atoms with Gasteiger partial charge in [-0.2, -0.15) is 0 Å². The van der Waals surface area contributed by atoms with Gasteiger partial charge in [0.1, 0.15) is 0 Å². The van der Waals surface area contributed by atoms with E-state index in [9.17, 15) is 0 Å². The van der Waals surface area contributed by atoms with Crippen LogP contribution >= 0.6 is 21.8 Å². The first-order valence-corrected chi connectivity index (χ1v) is 39.6. The predicted octanol–water partition coefficient (Wildman–Crippen LogP) is 12.8. The molecule has 0 rings (SSSR count). The van der Waals surface area contributed by atoms with Gasteiger partial charge < -0.3 is 0 Å². The second-order valence-corrected chi connectivity index (χ2v) is 63.1. The molecule has 34 heavy (non-hydrogen) atoms. The molecule has 0 amide bonds. The molecule has 0 atom stereocenters. The minimum absolute atomic E-state index is 0.269. The molecule has 1 nitrogen and oxygen atoms in total. The summed E-state index contributed by atoms with van der Waals surface area (Å²) in [7, 11) is 4.89. The molecule has 0 aromatic rings. The van der Waals surface area contributed by atoms with E-state index >= 15 is 0 Å². The Balaban J connectivity index is 6.29. The van der Waals surface area contributed by atoms with Gasteiger partial charge in [0.15, 0.2) is 0 Å². The molecule has 206 valence electrons. The first-order chi connectivity index (χ1) is 16.2. The van der Waals surface area contributed by atoms with Crippen molar-refractivity contribution in [2.24, 2.45) is 0 Å². The average molecular weight is 766 g/mol. The summed E-state index contributed by atoms with van der Waals surface area (Å²) >= 11 is 1.91. The number of hydrogen-bond acceptors (Lipinski definition) is 4. The fourth-order valence-corrected chi connectivity index (χ4v) is 142. The molecule has 0 aromatic carbocycles. The molecule has 0 N–H and O–H groups in total. The molecular weight excluding hydrogens is 705 g/mol. The molecule has 0 saturated heterocycles. The Bertz CT molecular complexity index is 452. The molecule has 0 saturated carbocycles. The summed E-state index contributed by atoms with van der Waals surface area (Å²) in [5.74, 6) is 0. The summed E-state index contributed by atoms with van der Waals surface area (Å²) in [5.41, 5.74) is 0. The summed E-state index contributed by atoms with van der Waals surface area (Å²) in [5, 5.41) is 0. The van der Waals surface area contributed by atoms with Gasteiger partial charge in [-0.25, -0.2) is 0 Å². The van der Waals surface area contributed by atoms with E-state index in [1.165, 1.54) is 104 Å². The Morgan fingerprint density at radius 2 is 0.794 bits per heavy atom. The SMILES string of the molecule is CCC[CH2][Sn]([CH2]CCC)([CH2]CCC)[S]P(=S)(OC(C)C)[S][Sn]([CH2]CCC)([CH2]CCC)[CH2]CCC. The van der Waals surface area contributed by atoms with Crippen molar-refractivity contribution in [2.75, 3.05) is 0 Å².